The Balaban J connectivity index is 1.96. The van der Waals surface area contributed by atoms with E-state index in [0.29, 0.717) is 6.54 Å². The van der Waals surface area contributed by atoms with E-state index in [1.54, 1.807) is 0 Å². The van der Waals surface area contributed by atoms with Gasteiger partial charge < -0.3 is 15.3 Å². The molecule has 0 radical (unpaired) electrons. The van der Waals surface area contributed by atoms with Crippen LogP contribution >= 0.6 is 0 Å². The second kappa shape index (κ2) is 8.99. The molecule has 0 saturated carbocycles. The number of benzene rings is 2. The quantitative estimate of drug-likeness (QED) is 0.758. The fourth-order valence-corrected chi connectivity index (χ4v) is 2.83. The molecule has 0 atom stereocenters. The van der Waals surface area contributed by atoms with E-state index < -0.39 is 11.9 Å². The minimum Gasteiger partial charge on any atom is -0.480 e. The molecule has 0 unspecified atom stereocenters. The molecule has 2 aromatic carbocycles. The number of amides is 2. The van der Waals surface area contributed by atoms with Crippen LogP contribution in [-0.2, 0) is 20.8 Å². The number of nitrogens with one attached hydrogen (secondary N) is 1. The number of nitrogens with zero attached hydrogens (tertiary/aromatic N) is 1. The number of carboxylic acid groups (broad SMARTS) is 1. The summed E-state index contributed by atoms with van der Waals surface area (Å²) in [6.07, 6.45) is 0.164. The Morgan fingerprint density at radius 1 is 1.08 bits per heavy atom. The molecule has 0 heterocycles. The first-order valence-corrected chi connectivity index (χ1v) is 8.59. The van der Waals surface area contributed by atoms with E-state index >= 15 is 0 Å². The van der Waals surface area contributed by atoms with Gasteiger partial charge in [-0.1, -0.05) is 56.3 Å². The zero-order valence-corrected chi connectivity index (χ0v) is 15.1. The molecule has 2 aromatic rings. The smallest absolute Gasteiger partial charge is 0.323 e. The summed E-state index contributed by atoms with van der Waals surface area (Å²) in [5.74, 6) is -1.59. The second-order valence-corrected chi connectivity index (χ2v) is 6.65. The van der Waals surface area contributed by atoms with Gasteiger partial charge >= 0.3 is 5.97 Å². The second-order valence-electron chi connectivity index (χ2n) is 6.65. The van der Waals surface area contributed by atoms with Gasteiger partial charge in [0, 0.05) is 6.54 Å². The number of hydrogen-bond donors (Lipinski definition) is 2. The van der Waals surface area contributed by atoms with Gasteiger partial charge in [-0.3, -0.25) is 14.4 Å². The molecule has 0 fully saturated rings. The summed E-state index contributed by atoms with van der Waals surface area (Å²) in [4.78, 5) is 36.6. The fourth-order valence-electron chi connectivity index (χ4n) is 2.83. The number of carboxylic acids is 1. The predicted molar refractivity (Wildman–Crippen MR) is 99.7 cm³/mol. The highest BCUT2D eigenvalue weighted by Crippen LogP contribution is 2.18. The molecule has 26 heavy (non-hydrogen) atoms. The minimum absolute atomic E-state index is 0.143. The molecule has 2 amide bonds. The standard InChI is InChI=1S/C20H24N2O4/c1-14(2)12-22(13-20(25)26)19(24)11-21-18(23)10-16-8-5-7-15-6-3-4-9-17(15)16/h3-9,14H,10-13H2,1-2H3,(H,21,23)(H,25,26). The molecule has 0 spiro atoms. The number of carbonyl (C=O) groups is 3. The number of rotatable bonds is 8. The topological polar surface area (TPSA) is 86.7 Å². The molecule has 6 heteroatoms. The highest BCUT2D eigenvalue weighted by atomic mass is 16.4. The Bertz CT molecular complexity index is 796. The van der Waals surface area contributed by atoms with Gasteiger partial charge in [0.1, 0.15) is 6.54 Å². The number of hydrogen-bond acceptors (Lipinski definition) is 3. The van der Waals surface area contributed by atoms with Crippen LogP contribution in [0.4, 0.5) is 0 Å². The van der Waals surface area contributed by atoms with Gasteiger partial charge in [0.25, 0.3) is 0 Å². The van der Waals surface area contributed by atoms with Crippen molar-refractivity contribution in [2.75, 3.05) is 19.6 Å². The Labute approximate surface area is 152 Å². The van der Waals surface area contributed by atoms with Crippen molar-refractivity contribution in [1.82, 2.24) is 10.2 Å². The lowest BCUT2D eigenvalue weighted by atomic mass is 10.0. The van der Waals surface area contributed by atoms with Crippen molar-refractivity contribution in [1.29, 1.82) is 0 Å². The molecular formula is C20H24N2O4. The van der Waals surface area contributed by atoms with Crippen molar-refractivity contribution in [3.63, 3.8) is 0 Å². The number of fused-ring (bicyclic) bond motifs is 1. The largest absolute Gasteiger partial charge is 0.480 e. The van der Waals surface area contributed by atoms with Crippen molar-refractivity contribution >= 4 is 28.6 Å². The van der Waals surface area contributed by atoms with Gasteiger partial charge in [-0.2, -0.15) is 0 Å². The summed E-state index contributed by atoms with van der Waals surface area (Å²) >= 11 is 0. The zero-order chi connectivity index (χ0) is 19.1. The molecule has 2 rings (SSSR count). The van der Waals surface area contributed by atoms with Gasteiger partial charge in [-0.05, 0) is 22.3 Å². The normalized spacial score (nSPS) is 10.7. The van der Waals surface area contributed by atoms with Gasteiger partial charge in [0.2, 0.25) is 11.8 Å². The Morgan fingerprint density at radius 2 is 1.77 bits per heavy atom. The Morgan fingerprint density at radius 3 is 2.46 bits per heavy atom. The molecule has 2 N–H and O–H groups in total. The minimum atomic E-state index is -1.07. The fraction of sp³-hybridized carbons (Fsp3) is 0.350. The first-order chi connectivity index (χ1) is 12.4. The van der Waals surface area contributed by atoms with E-state index in [2.05, 4.69) is 5.32 Å². The lowest BCUT2D eigenvalue weighted by Gasteiger charge is -2.22. The summed E-state index contributed by atoms with van der Waals surface area (Å²) in [5.41, 5.74) is 0.887. The molecule has 0 aromatic heterocycles. The summed E-state index contributed by atoms with van der Waals surface area (Å²) in [7, 11) is 0. The van der Waals surface area contributed by atoms with Crippen LogP contribution in [0.5, 0.6) is 0 Å². The Hall–Kier alpha value is -2.89. The first-order valence-electron chi connectivity index (χ1n) is 8.59. The predicted octanol–water partition coefficient (Wildman–Crippen LogP) is 2.07. The van der Waals surface area contributed by atoms with E-state index in [4.69, 9.17) is 5.11 Å². The maximum absolute atomic E-state index is 12.2. The van der Waals surface area contributed by atoms with Gasteiger partial charge in [-0.25, -0.2) is 0 Å². The van der Waals surface area contributed by atoms with Crippen LogP contribution in [-0.4, -0.2) is 47.4 Å². The average molecular weight is 356 g/mol. The van der Waals surface area contributed by atoms with Gasteiger partial charge in [0.15, 0.2) is 0 Å². The van der Waals surface area contributed by atoms with Crippen molar-refractivity contribution in [3.8, 4) is 0 Å². The van der Waals surface area contributed by atoms with Gasteiger partial charge in [-0.15, -0.1) is 0 Å². The van der Waals surface area contributed by atoms with Crippen LogP contribution in [0.15, 0.2) is 42.5 Å². The average Bonchev–Trinajstić information content (AvgIpc) is 2.58. The lowest BCUT2D eigenvalue weighted by molar-refractivity contribution is -0.144. The van der Waals surface area contributed by atoms with E-state index in [0.717, 1.165) is 16.3 Å². The van der Waals surface area contributed by atoms with Crippen molar-refractivity contribution in [3.05, 3.63) is 48.0 Å². The van der Waals surface area contributed by atoms with E-state index in [1.165, 1.54) is 4.90 Å². The third-order valence-corrected chi connectivity index (χ3v) is 3.93. The first kappa shape index (κ1) is 19.4. The molecule has 138 valence electrons. The van der Waals surface area contributed by atoms with E-state index in [-0.39, 0.29) is 31.3 Å². The molecule has 0 bridgehead atoms. The maximum Gasteiger partial charge on any atom is 0.323 e. The molecule has 0 saturated heterocycles. The monoisotopic (exact) mass is 356 g/mol. The number of carbonyl (C=O) groups excluding carboxylic acids is 2. The molecule has 0 aliphatic rings. The van der Waals surface area contributed by atoms with Crippen LogP contribution in [0, 0.1) is 5.92 Å². The maximum atomic E-state index is 12.2. The molecule has 6 nitrogen and oxygen atoms in total. The van der Waals surface area contributed by atoms with Crippen molar-refractivity contribution in [2.24, 2.45) is 5.92 Å². The summed E-state index contributed by atoms with van der Waals surface area (Å²) < 4.78 is 0. The highest BCUT2D eigenvalue weighted by Gasteiger charge is 2.18. The third-order valence-electron chi connectivity index (χ3n) is 3.93. The molecular weight excluding hydrogens is 332 g/mol. The van der Waals surface area contributed by atoms with Crippen LogP contribution in [0.3, 0.4) is 0 Å². The Kier molecular flexibility index (Phi) is 6.72. The summed E-state index contributed by atoms with van der Waals surface area (Å²) in [6, 6.07) is 13.6. The summed E-state index contributed by atoms with van der Waals surface area (Å²) in [5, 5.41) is 13.6. The highest BCUT2D eigenvalue weighted by molar-refractivity contribution is 5.92. The van der Waals surface area contributed by atoms with E-state index in [9.17, 15) is 14.4 Å². The van der Waals surface area contributed by atoms with Gasteiger partial charge in [0.05, 0.1) is 13.0 Å². The SMILES string of the molecule is CC(C)CN(CC(=O)O)C(=O)CNC(=O)Cc1cccc2ccccc12. The lowest BCUT2D eigenvalue weighted by Crippen LogP contribution is -2.44. The zero-order valence-electron chi connectivity index (χ0n) is 15.1. The number of aliphatic carboxylic acids is 1. The van der Waals surface area contributed by atoms with Crippen LogP contribution in [0.1, 0.15) is 19.4 Å². The third kappa shape index (κ3) is 5.58. The van der Waals surface area contributed by atoms with Crippen LogP contribution in [0.2, 0.25) is 0 Å². The molecule has 0 aliphatic heterocycles. The van der Waals surface area contributed by atoms with Crippen molar-refractivity contribution in [2.45, 2.75) is 20.3 Å². The van der Waals surface area contributed by atoms with Crippen LogP contribution < -0.4 is 5.32 Å². The molecule has 0 aliphatic carbocycles. The summed E-state index contributed by atoms with van der Waals surface area (Å²) in [6.45, 7) is 3.58. The van der Waals surface area contributed by atoms with Crippen LogP contribution in [0.25, 0.3) is 10.8 Å². The van der Waals surface area contributed by atoms with Crippen molar-refractivity contribution < 1.29 is 19.5 Å². The van der Waals surface area contributed by atoms with E-state index in [1.807, 2.05) is 56.3 Å².